The van der Waals surface area contributed by atoms with E-state index in [1.807, 2.05) is 6.92 Å². The largest absolute Gasteiger partial charge is 0.383 e. The molecule has 1 fully saturated rings. The molecular formula is C12H16BrF2N3. The van der Waals surface area contributed by atoms with Crippen molar-refractivity contribution in [1.82, 2.24) is 9.97 Å². The van der Waals surface area contributed by atoms with E-state index in [-0.39, 0.29) is 18.8 Å². The van der Waals surface area contributed by atoms with E-state index in [2.05, 4.69) is 25.9 Å². The number of nitrogens with zero attached hydrogens (tertiary/aromatic N) is 2. The van der Waals surface area contributed by atoms with Gasteiger partial charge in [0.15, 0.2) is 0 Å². The Morgan fingerprint density at radius 3 is 2.78 bits per heavy atom. The molecule has 1 aromatic heterocycles. The van der Waals surface area contributed by atoms with E-state index in [1.165, 1.54) is 0 Å². The van der Waals surface area contributed by atoms with Crippen LogP contribution in [0.2, 0.25) is 0 Å². The number of nitrogens with two attached hydrogens (primary N) is 1. The van der Waals surface area contributed by atoms with Crippen LogP contribution in [0.4, 0.5) is 14.6 Å². The summed E-state index contributed by atoms with van der Waals surface area (Å²) in [5.41, 5.74) is 6.57. The molecule has 0 amide bonds. The van der Waals surface area contributed by atoms with Crippen molar-refractivity contribution in [3.8, 4) is 0 Å². The second kappa shape index (κ2) is 5.07. The Hall–Kier alpha value is -0.780. The molecule has 18 heavy (non-hydrogen) atoms. The van der Waals surface area contributed by atoms with Gasteiger partial charge in [0.1, 0.15) is 11.6 Å². The van der Waals surface area contributed by atoms with Gasteiger partial charge in [-0.2, -0.15) is 0 Å². The van der Waals surface area contributed by atoms with Crippen molar-refractivity contribution in [2.75, 3.05) is 5.73 Å². The molecule has 2 N–H and O–H groups in total. The van der Waals surface area contributed by atoms with Crippen LogP contribution in [0.25, 0.3) is 0 Å². The topological polar surface area (TPSA) is 51.8 Å². The van der Waals surface area contributed by atoms with Crippen LogP contribution in [0.1, 0.15) is 50.0 Å². The smallest absolute Gasteiger partial charge is 0.248 e. The minimum absolute atomic E-state index is 0.0316. The predicted molar refractivity (Wildman–Crippen MR) is 69.7 cm³/mol. The molecule has 1 aliphatic carbocycles. The third kappa shape index (κ3) is 2.79. The van der Waals surface area contributed by atoms with Gasteiger partial charge in [-0.3, -0.25) is 0 Å². The molecular weight excluding hydrogens is 304 g/mol. The molecule has 1 atom stereocenters. The van der Waals surface area contributed by atoms with Crippen LogP contribution in [0, 0.1) is 0 Å². The van der Waals surface area contributed by atoms with Gasteiger partial charge in [0.05, 0.1) is 10.2 Å². The fourth-order valence-corrected chi connectivity index (χ4v) is 2.80. The van der Waals surface area contributed by atoms with Gasteiger partial charge >= 0.3 is 0 Å². The lowest BCUT2D eigenvalue weighted by Crippen LogP contribution is -2.26. The van der Waals surface area contributed by atoms with Gasteiger partial charge in [-0.1, -0.05) is 6.92 Å². The normalized spacial score (nSPS) is 23.0. The van der Waals surface area contributed by atoms with Crippen molar-refractivity contribution in [2.45, 2.75) is 50.9 Å². The van der Waals surface area contributed by atoms with Crippen molar-refractivity contribution in [3.63, 3.8) is 0 Å². The first-order chi connectivity index (χ1) is 8.43. The van der Waals surface area contributed by atoms with Gasteiger partial charge in [-0.15, -0.1) is 0 Å². The van der Waals surface area contributed by atoms with Gasteiger partial charge in [0.2, 0.25) is 5.92 Å². The molecule has 6 heteroatoms. The third-order valence-corrected chi connectivity index (χ3v) is 4.17. The summed E-state index contributed by atoms with van der Waals surface area (Å²) < 4.78 is 27.5. The Labute approximate surface area is 113 Å². The zero-order chi connectivity index (χ0) is 13.3. The molecule has 1 aromatic rings. The Morgan fingerprint density at radius 2 is 2.17 bits per heavy atom. The first kappa shape index (κ1) is 13.6. The zero-order valence-electron chi connectivity index (χ0n) is 10.2. The number of aryl methyl sites for hydroxylation is 1. The average Bonchev–Trinajstić information content (AvgIpc) is 2.31. The van der Waals surface area contributed by atoms with E-state index in [9.17, 15) is 8.78 Å². The molecule has 100 valence electrons. The molecule has 0 spiro atoms. The number of alkyl halides is 2. The molecule has 1 aliphatic rings. The maximum absolute atomic E-state index is 13.4. The predicted octanol–water partition coefficient (Wildman–Crippen LogP) is 3.68. The van der Waals surface area contributed by atoms with Gasteiger partial charge < -0.3 is 5.73 Å². The third-order valence-electron chi connectivity index (χ3n) is 3.30. The minimum atomic E-state index is -2.60. The lowest BCUT2D eigenvalue weighted by atomic mass is 9.86. The van der Waals surface area contributed by atoms with E-state index >= 15 is 0 Å². The first-order valence-corrected chi connectivity index (χ1v) is 6.92. The molecule has 1 heterocycles. The van der Waals surface area contributed by atoms with E-state index in [4.69, 9.17) is 5.73 Å². The van der Waals surface area contributed by atoms with Gasteiger partial charge in [-0.25, -0.2) is 18.7 Å². The number of aromatic nitrogens is 2. The molecule has 0 saturated heterocycles. The monoisotopic (exact) mass is 319 g/mol. The van der Waals surface area contributed by atoms with Gasteiger partial charge in [-0.05, 0) is 35.2 Å². The van der Waals surface area contributed by atoms with E-state index < -0.39 is 5.92 Å². The number of rotatable bonds is 2. The Balaban J connectivity index is 2.30. The van der Waals surface area contributed by atoms with Gasteiger partial charge in [0, 0.05) is 18.8 Å². The van der Waals surface area contributed by atoms with Crippen LogP contribution in [0.5, 0.6) is 0 Å². The van der Waals surface area contributed by atoms with Crippen molar-refractivity contribution < 1.29 is 8.78 Å². The fraction of sp³-hybridized carbons (Fsp3) is 0.667. The van der Waals surface area contributed by atoms with Crippen molar-refractivity contribution in [2.24, 2.45) is 0 Å². The molecule has 0 aromatic carbocycles. The van der Waals surface area contributed by atoms with Crippen LogP contribution < -0.4 is 5.73 Å². The van der Waals surface area contributed by atoms with Gasteiger partial charge in [0.25, 0.3) is 0 Å². The van der Waals surface area contributed by atoms with Crippen LogP contribution in [0.3, 0.4) is 0 Å². The first-order valence-electron chi connectivity index (χ1n) is 6.12. The molecule has 0 bridgehead atoms. The molecule has 1 saturated carbocycles. The van der Waals surface area contributed by atoms with Crippen molar-refractivity contribution >= 4 is 21.7 Å². The summed E-state index contributed by atoms with van der Waals surface area (Å²) in [6, 6.07) is 0. The lowest BCUT2D eigenvalue weighted by Gasteiger charge is -2.28. The maximum atomic E-state index is 13.4. The summed E-state index contributed by atoms with van der Waals surface area (Å²) in [5, 5.41) is 0. The Morgan fingerprint density at radius 1 is 1.44 bits per heavy atom. The van der Waals surface area contributed by atoms with Crippen molar-refractivity contribution in [1.29, 1.82) is 0 Å². The average molecular weight is 320 g/mol. The maximum Gasteiger partial charge on any atom is 0.248 e. The number of hydrogen-bond donors (Lipinski definition) is 1. The molecule has 1 unspecified atom stereocenters. The highest BCUT2D eigenvalue weighted by molar-refractivity contribution is 9.10. The van der Waals surface area contributed by atoms with Crippen LogP contribution in [-0.4, -0.2) is 15.9 Å². The summed E-state index contributed by atoms with van der Waals surface area (Å²) in [6.45, 7) is 1.95. The SMILES string of the molecule is CCc1nc(C2CCCC(F)(F)C2)nc(N)c1Br. The summed E-state index contributed by atoms with van der Waals surface area (Å²) in [4.78, 5) is 8.53. The second-order valence-electron chi connectivity index (χ2n) is 4.73. The van der Waals surface area contributed by atoms with Crippen LogP contribution in [0.15, 0.2) is 4.47 Å². The van der Waals surface area contributed by atoms with Crippen LogP contribution >= 0.6 is 15.9 Å². The number of hydrogen-bond acceptors (Lipinski definition) is 3. The highest BCUT2D eigenvalue weighted by Crippen LogP contribution is 2.41. The van der Waals surface area contributed by atoms with E-state index in [0.717, 1.165) is 5.69 Å². The molecule has 2 rings (SSSR count). The summed E-state index contributed by atoms with van der Waals surface area (Å²) in [6.07, 6.45) is 1.72. The van der Waals surface area contributed by atoms with E-state index in [0.29, 0.717) is 35.4 Å². The summed E-state index contributed by atoms with van der Waals surface area (Å²) in [7, 11) is 0. The van der Waals surface area contributed by atoms with Crippen molar-refractivity contribution in [3.05, 3.63) is 16.0 Å². The quantitative estimate of drug-likeness (QED) is 0.904. The minimum Gasteiger partial charge on any atom is -0.383 e. The number of nitrogen functional groups attached to an aromatic ring is 1. The summed E-state index contributed by atoms with van der Waals surface area (Å²) in [5.74, 6) is -2.08. The standard InChI is InChI=1S/C12H16BrF2N3/c1-2-8-9(13)10(16)18-11(17-8)7-4-3-5-12(14,15)6-7/h7H,2-6H2,1H3,(H2,16,17,18). The Kier molecular flexibility index (Phi) is 3.84. The Bertz CT molecular complexity index is 451. The lowest BCUT2D eigenvalue weighted by molar-refractivity contribution is -0.0417. The second-order valence-corrected chi connectivity index (χ2v) is 5.52. The fourth-order valence-electron chi connectivity index (χ4n) is 2.34. The molecule has 0 radical (unpaired) electrons. The number of anilines is 1. The number of halogens is 3. The van der Waals surface area contributed by atoms with Crippen LogP contribution in [-0.2, 0) is 6.42 Å². The molecule has 0 aliphatic heterocycles. The van der Waals surface area contributed by atoms with E-state index in [1.54, 1.807) is 0 Å². The zero-order valence-corrected chi connectivity index (χ0v) is 11.8. The highest BCUT2D eigenvalue weighted by Gasteiger charge is 2.38. The molecule has 3 nitrogen and oxygen atoms in total. The highest BCUT2D eigenvalue weighted by atomic mass is 79.9. The summed E-state index contributed by atoms with van der Waals surface area (Å²) >= 11 is 3.32.